The van der Waals surface area contributed by atoms with E-state index in [4.69, 9.17) is 5.11 Å². The van der Waals surface area contributed by atoms with E-state index in [0.717, 1.165) is 18.4 Å². The van der Waals surface area contributed by atoms with Gasteiger partial charge in [0.05, 0.1) is 6.54 Å². The SMILES string of the molecule is O=C(O)CN(Cc1cccc(O)c1)C1CCCC1. The van der Waals surface area contributed by atoms with Gasteiger partial charge in [-0.05, 0) is 30.5 Å². The smallest absolute Gasteiger partial charge is 0.317 e. The van der Waals surface area contributed by atoms with Crippen LogP contribution < -0.4 is 0 Å². The van der Waals surface area contributed by atoms with Crippen LogP contribution in [-0.4, -0.2) is 33.7 Å². The van der Waals surface area contributed by atoms with E-state index in [-0.39, 0.29) is 12.3 Å². The van der Waals surface area contributed by atoms with Crippen molar-refractivity contribution in [2.75, 3.05) is 6.54 Å². The summed E-state index contributed by atoms with van der Waals surface area (Å²) in [4.78, 5) is 12.9. The van der Waals surface area contributed by atoms with Gasteiger partial charge >= 0.3 is 5.97 Å². The maximum atomic E-state index is 10.9. The highest BCUT2D eigenvalue weighted by Gasteiger charge is 2.24. The minimum absolute atomic E-state index is 0.0698. The number of carboxylic acid groups (broad SMARTS) is 1. The van der Waals surface area contributed by atoms with Crippen LogP contribution in [0.5, 0.6) is 5.75 Å². The number of nitrogens with zero attached hydrogens (tertiary/aromatic N) is 1. The average Bonchev–Trinajstić information content (AvgIpc) is 2.80. The molecule has 1 fully saturated rings. The molecule has 98 valence electrons. The lowest BCUT2D eigenvalue weighted by atomic mass is 10.1. The highest BCUT2D eigenvalue weighted by molar-refractivity contribution is 5.69. The predicted molar refractivity (Wildman–Crippen MR) is 68.4 cm³/mol. The summed E-state index contributed by atoms with van der Waals surface area (Å²) in [6, 6.07) is 7.40. The number of carboxylic acids is 1. The quantitative estimate of drug-likeness (QED) is 0.840. The van der Waals surface area contributed by atoms with Crippen molar-refractivity contribution in [1.82, 2.24) is 4.90 Å². The Morgan fingerprint density at radius 1 is 1.33 bits per heavy atom. The van der Waals surface area contributed by atoms with Crippen LogP contribution in [0.3, 0.4) is 0 Å². The third-order valence-corrected chi connectivity index (χ3v) is 3.48. The molecule has 1 aliphatic carbocycles. The predicted octanol–water partition coefficient (Wildman–Crippen LogP) is 2.22. The summed E-state index contributed by atoms with van der Waals surface area (Å²) in [5.41, 5.74) is 0.961. The molecule has 0 radical (unpaired) electrons. The fourth-order valence-electron chi connectivity index (χ4n) is 2.65. The van der Waals surface area contributed by atoms with E-state index >= 15 is 0 Å². The van der Waals surface area contributed by atoms with Crippen LogP contribution in [0.4, 0.5) is 0 Å². The van der Waals surface area contributed by atoms with Gasteiger partial charge in [0.25, 0.3) is 0 Å². The minimum atomic E-state index is -0.790. The molecule has 0 aliphatic heterocycles. The summed E-state index contributed by atoms with van der Waals surface area (Å²) in [5.74, 6) is -0.559. The van der Waals surface area contributed by atoms with Crippen molar-refractivity contribution in [3.05, 3.63) is 29.8 Å². The van der Waals surface area contributed by atoms with E-state index in [1.807, 2.05) is 11.0 Å². The zero-order valence-corrected chi connectivity index (χ0v) is 10.4. The fraction of sp³-hybridized carbons (Fsp3) is 0.500. The van der Waals surface area contributed by atoms with Gasteiger partial charge in [-0.2, -0.15) is 0 Å². The first kappa shape index (κ1) is 12.9. The molecule has 0 aromatic heterocycles. The minimum Gasteiger partial charge on any atom is -0.508 e. The molecule has 1 aliphatic rings. The number of hydrogen-bond donors (Lipinski definition) is 2. The fourth-order valence-corrected chi connectivity index (χ4v) is 2.65. The molecular weight excluding hydrogens is 230 g/mol. The Morgan fingerprint density at radius 3 is 2.67 bits per heavy atom. The topological polar surface area (TPSA) is 60.8 Å². The van der Waals surface area contributed by atoms with Gasteiger partial charge in [-0.15, -0.1) is 0 Å². The largest absolute Gasteiger partial charge is 0.508 e. The second-order valence-electron chi connectivity index (χ2n) is 4.91. The number of phenols is 1. The molecule has 0 heterocycles. The van der Waals surface area contributed by atoms with E-state index in [0.29, 0.717) is 12.6 Å². The molecule has 1 aromatic rings. The Bertz CT molecular complexity index is 413. The second-order valence-corrected chi connectivity index (χ2v) is 4.91. The third-order valence-electron chi connectivity index (χ3n) is 3.48. The van der Waals surface area contributed by atoms with Gasteiger partial charge < -0.3 is 10.2 Å². The van der Waals surface area contributed by atoms with E-state index in [1.165, 1.54) is 12.8 Å². The molecule has 0 atom stereocenters. The summed E-state index contributed by atoms with van der Waals surface area (Å²) in [6.45, 7) is 0.658. The molecule has 0 spiro atoms. The van der Waals surface area contributed by atoms with Crippen molar-refractivity contribution in [3.63, 3.8) is 0 Å². The van der Waals surface area contributed by atoms with E-state index in [9.17, 15) is 9.90 Å². The highest BCUT2D eigenvalue weighted by atomic mass is 16.4. The van der Waals surface area contributed by atoms with Gasteiger partial charge in [-0.1, -0.05) is 25.0 Å². The number of rotatable bonds is 5. The molecule has 18 heavy (non-hydrogen) atoms. The molecule has 1 aromatic carbocycles. The lowest BCUT2D eigenvalue weighted by Gasteiger charge is -2.27. The molecule has 0 bridgehead atoms. The third kappa shape index (κ3) is 3.47. The normalized spacial score (nSPS) is 16.3. The first-order valence-corrected chi connectivity index (χ1v) is 6.39. The van der Waals surface area contributed by atoms with Crippen molar-refractivity contribution in [2.24, 2.45) is 0 Å². The van der Waals surface area contributed by atoms with Crippen LogP contribution in [0, 0.1) is 0 Å². The molecule has 2 rings (SSSR count). The summed E-state index contributed by atoms with van der Waals surface area (Å²) < 4.78 is 0. The molecule has 4 heteroatoms. The molecule has 2 N–H and O–H groups in total. The number of phenolic OH excluding ortho intramolecular Hbond substituents is 1. The lowest BCUT2D eigenvalue weighted by Crippen LogP contribution is -2.36. The van der Waals surface area contributed by atoms with Gasteiger partial charge in [0, 0.05) is 12.6 Å². The van der Waals surface area contributed by atoms with E-state index in [1.54, 1.807) is 18.2 Å². The summed E-state index contributed by atoms with van der Waals surface area (Å²) in [6.07, 6.45) is 4.51. The Labute approximate surface area is 107 Å². The number of hydrogen-bond acceptors (Lipinski definition) is 3. The van der Waals surface area contributed by atoms with Crippen LogP contribution in [0.1, 0.15) is 31.2 Å². The monoisotopic (exact) mass is 249 g/mol. The van der Waals surface area contributed by atoms with Crippen molar-refractivity contribution < 1.29 is 15.0 Å². The van der Waals surface area contributed by atoms with Gasteiger partial charge in [-0.3, -0.25) is 9.69 Å². The molecule has 4 nitrogen and oxygen atoms in total. The standard InChI is InChI=1S/C14H19NO3/c16-13-7-3-4-11(8-13)9-15(10-14(17)18)12-5-1-2-6-12/h3-4,7-8,12,16H,1-2,5-6,9-10H2,(H,17,18). The van der Waals surface area contributed by atoms with Crippen LogP contribution in [0.15, 0.2) is 24.3 Å². The van der Waals surface area contributed by atoms with Crippen molar-refractivity contribution in [2.45, 2.75) is 38.3 Å². The first-order valence-electron chi connectivity index (χ1n) is 6.39. The Balaban J connectivity index is 2.06. The Hall–Kier alpha value is -1.55. The van der Waals surface area contributed by atoms with Gasteiger partial charge in [-0.25, -0.2) is 0 Å². The Morgan fingerprint density at radius 2 is 2.06 bits per heavy atom. The van der Waals surface area contributed by atoms with Crippen molar-refractivity contribution in [3.8, 4) is 5.75 Å². The maximum Gasteiger partial charge on any atom is 0.317 e. The molecule has 0 amide bonds. The first-order chi connectivity index (χ1) is 8.65. The average molecular weight is 249 g/mol. The molecular formula is C14H19NO3. The number of carbonyl (C=O) groups is 1. The maximum absolute atomic E-state index is 10.9. The lowest BCUT2D eigenvalue weighted by molar-refractivity contribution is -0.139. The van der Waals surface area contributed by atoms with Crippen molar-refractivity contribution in [1.29, 1.82) is 0 Å². The van der Waals surface area contributed by atoms with Gasteiger partial charge in [0.1, 0.15) is 5.75 Å². The summed E-state index contributed by atoms with van der Waals surface area (Å²) in [5, 5.41) is 18.4. The van der Waals surface area contributed by atoms with Crippen molar-refractivity contribution >= 4 is 5.97 Å². The van der Waals surface area contributed by atoms with Crippen LogP contribution in [0.25, 0.3) is 0 Å². The molecule has 1 saturated carbocycles. The van der Waals surface area contributed by atoms with E-state index < -0.39 is 5.97 Å². The van der Waals surface area contributed by atoms with Crippen LogP contribution >= 0.6 is 0 Å². The summed E-state index contributed by atoms with van der Waals surface area (Å²) >= 11 is 0. The highest BCUT2D eigenvalue weighted by Crippen LogP contribution is 2.25. The second kappa shape index (κ2) is 5.87. The molecule has 0 unspecified atom stereocenters. The number of aromatic hydroxyl groups is 1. The summed E-state index contributed by atoms with van der Waals surface area (Å²) in [7, 11) is 0. The Kier molecular flexibility index (Phi) is 4.20. The number of benzene rings is 1. The van der Waals surface area contributed by atoms with Gasteiger partial charge in [0.2, 0.25) is 0 Å². The van der Waals surface area contributed by atoms with Crippen LogP contribution in [0.2, 0.25) is 0 Å². The zero-order valence-electron chi connectivity index (χ0n) is 10.4. The van der Waals surface area contributed by atoms with Crippen LogP contribution in [-0.2, 0) is 11.3 Å². The number of aliphatic carboxylic acids is 1. The van der Waals surface area contributed by atoms with E-state index in [2.05, 4.69) is 0 Å². The molecule has 0 saturated heterocycles. The van der Waals surface area contributed by atoms with Gasteiger partial charge in [0.15, 0.2) is 0 Å². The zero-order chi connectivity index (χ0) is 13.0.